The molecule has 2 aromatic rings. The minimum absolute atomic E-state index is 0.250. The summed E-state index contributed by atoms with van der Waals surface area (Å²) in [5.74, 6) is 2.21. The average molecular weight is 489 g/mol. The van der Waals surface area contributed by atoms with Gasteiger partial charge in [-0.05, 0) is 124 Å². The van der Waals surface area contributed by atoms with E-state index in [0.29, 0.717) is 12.8 Å². The molecule has 3 aliphatic rings. The zero-order chi connectivity index (χ0) is 25.1. The smallest absolute Gasteiger partial charge is 0.163 e. The summed E-state index contributed by atoms with van der Waals surface area (Å²) in [6, 6.07) is 8.26. The van der Waals surface area contributed by atoms with E-state index in [1.165, 1.54) is 68.4 Å². The fourth-order valence-electron chi connectivity index (χ4n) is 6.60. The molecule has 0 atom stereocenters. The van der Waals surface area contributed by atoms with E-state index in [0.717, 1.165) is 67.1 Å². The zero-order valence-electron chi connectivity index (χ0n) is 22.5. The van der Waals surface area contributed by atoms with Crippen molar-refractivity contribution >= 4 is 22.3 Å². The second-order valence-corrected chi connectivity index (χ2v) is 11.9. The average Bonchev–Trinajstić information content (AvgIpc) is 3.32. The van der Waals surface area contributed by atoms with E-state index in [2.05, 4.69) is 35.8 Å². The minimum atomic E-state index is 0.250. The van der Waals surface area contributed by atoms with Crippen LogP contribution in [0.25, 0.3) is 10.8 Å². The molecule has 0 N–H and O–H groups in total. The van der Waals surface area contributed by atoms with Crippen LogP contribution in [0.4, 0.5) is 0 Å². The molecule has 2 heterocycles. The van der Waals surface area contributed by atoms with E-state index in [1.807, 2.05) is 12.1 Å². The van der Waals surface area contributed by atoms with Crippen molar-refractivity contribution < 1.29 is 9.59 Å². The van der Waals surface area contributed by atoms with Crippen LogP contribution in [0.1, 0.15) is 97.1 Å². The van der Waals surface area contributed by atoms with Crippen molar-refractivity contribution in [1.82, 2.24) is 9.80 Å². The zero-order valence-corrected chi connectivity index (χ0v) is 22.5. The number of Topliss-reactive ketones (excluding diaryl/α,β-unsaturated/α-hetero) is 2. The van der Waals surface area contributed by atoms with Crippen molar-refractivity contribution in [3.63, 3.8) is 0 Å². The molecule has 0 aromatic heterocycles. The molecule has 2 aliphatic heterocycles. The summed E-state index contributed by atoms with van der Waals surface area (Å²) in [4.78, 5) is 31.5. The van der Waals surface area contributed by atoms with Crippen molar-refractivity contribution in [3.8, 4) is 0 Å². The van der Waals surface area contributed by atoms with Gasteiger partial charge < -0.3 is 9.80 Å². The number of benzene rings is 2. The number of piperidine rings is 2. The standard InChI is InChI=1S/C32H44N2O2/c1-23-13-19-33(20-14-23)17-3-5-30(35)26-9-7-25-8-10-28-27(11-12-29(26)32(25)28)31(36)6-4-18-34-21-15-24(2)16-22-34/h7,9,11-12,23-24H,3-6,8,10,13-22H2,1-2H3. The van der Waals surface area contributed by atoms with Gasteiger partial charge in [0.05, 0.1) is 0 Å². The first-order chi connectivity index (χ1) is 17.5. The number of nitrogens with zero attached hydrogens (tertiary/aromatic N) is 2. The lowest BCUT2D eigenvalue weighted by atomic mass is 9.91. The molecule has 0 radical (unpaired) electrons. The van der Waals surface area contributed by atoms with Gasteiger partial charge in [0.25, 0.3) is 0 Å². The summed E-state index contributed by atoms with van der Waals surface area (Å²) in [6.07, 6.45) is 10.1. The van der Waals surface area contributed by atoms with Gasteiger partial charge in [-0.3, -0.25) is 9.59 Å². The number of rotatable bonds is 10. The van der Waals surface area contributed by atoms with Gasteiger partial charge >= 0.3 is 0 Å². The first kappa shape index (κ1) is 25.6. The molecular formula is C32H44N2O2. The van der Waals surface area contributed by atoms with Gasteiger partial charge in [0.1, 0.15) is 0 Å². The Morgan fingerprint density at radius 2 is 1.25 bits per heavy atom. The van der Waals surface area contributed by atoms with E-state index in [4.69, 9.17) is 0 Å². The molecule has 0 saturated carbocycles. The SMILES string of the molecule is CC1CCN(CCCC(=O)c2ccc3c(C(=O)CCCN4CCC(C)CC4)ccc4c3c2CC4)CC1. The Balaban J connectivity index is 1.22. The van der Waals surface area contributed by atoms with Crippen molar-refractivity contribution in [2.24, 2.45) is 11.8 Å². The van der Waals surface area contributed by atoms with Crippen molar-refractivity contribution in [2.75, 3.05) is 39.3 Å². The second-order valence-electron chi connectivity index (χ2n) is 11.9. The lowest BCUT2D eigenvalue weighted by molar-refractivity contribution is 0.0964. The van der Waals surface area contributed by atoms with Crippen LogP contribution in [0.3, 0.4) is 0 Å². The van der Waals surface area contributed by atoms with Crippen molar-refractivity contribution in [3.05, 3.63) is 46.5 Å². The monoisotopic (exact) mass is 488 g/mol. The molecule has 0 spiro atoms. The minimum Gasteiger partial charge on any atom is -0.303 e. The Labute approximate surface area is 217 Å². The Morgan fingerprint density at radius 1 is 0.722 bits per heavy atom. The molecule has 4 nitrogen and oxygen atoms in total. The highest BCUT2D eigenvalue weighted by molar-refractivity contribution is 6.12. The maximum Gasteiger partial charge on any atom is 0.163 e. The van der Waals surface area contributed by atoms with Crippen LogP contribution in [-0.2, 0) is 12.8 Å². The molecule has 2 fully saturated rings. The first-order valence-corrected chi connectivity index (χ1v) is 14.6. The maximum atomic E-state index is 13.2. The number of hydrogen-bond acceptors (Lipinski definition) is 4. The number of aryl methyl sites for hydroxylation is 2. The molecule has 0 unspecified atom stereocenters. The number of ketones is 2. The van der Waals surface area contributed by atoms with E-state index < -0.39 is 0 Å². The highest BCUT2D eigenvalue weighted by Crippen LogP contribution is 2.36. The summed E-state index contributed by atoms with van der Waals surface area (Å²) in [7, 11) is 0. The Hall–Kier alpha value is -2.04. The highest BCUT2D eigenvalue weighted by Gasteiger charge is 2.24. The summed E-state index contributed by atoms with van der Waals surface area (Å²) in [5.41, 5.74) is 4.24. The largest absolute Gasteiger partial charge is 0.303 e. The van der Waals surface area contributed by atoms with E-state index in [9.17, 15) is 9.59 Å². The van der Waals surface area contributed by atoms with Crippen molar-refractivity contribution in [2.45, 2.75) is 78.1 Å². The molecule has 1 aliphatic carbocycles. The third-order valence-corrected chi connectivity index (χ3v) is 9.13. The number of likely N-dealkylation sites (tertiary alicyclic amines) is 2. The summed E-state index contributed by atoms with van der Waals surface area (Å²) < 4.78 is 0. The van der Waals surface area contributed by atoms with Crippen LogP contribution in [0.15, 0.2) is 24.3 Å². The molecule has 2 aromatic carbocycles. The van der Waals surface area contributed by atoms with Gasteiger partial charge in [0.15, 0.2) is 11.6 Å². The molecule has 194 valence electrons. The van der Waals surface area contributed by atoms with Gasteiger partial charge in [0.2, 0.25) is 0 Å². The molecule has 2 saturated heterocycles. The molecule has 0 amide bonds. The van der Waals surface area contributed by atoms with Crippen molar-refractivity contribution in [1.29, 1.82) is 0 Å². The van der Waals surface area contributed by atoms with Crippen LogP contribution in [0, 0.1) is 11.8 Å². The third kappa shape index (κ3) is 5.75. The number of carbonyl (C=O) groups is 2. The molecule has 36 heavy (non-hydrogen) atoms. The predicted octanol–water partition coefficient (Wildman–Crippen LogP) is 6.33. The second kappa shape index (κ2) is 11.6. The van der Waals surface area contributed by atoms with Gasteiger partial charge in [-0.15, -0.1) is 0 Å². The van der Waals surface area contributed by atoms with Gasteiger partial charge in [-0.2, -0.15) is 0 Å². The van der Waals surface area contributed by atoms with Gasteiger partial charge in [0, 0.05) is 24.0 Å². The van der Waals surface area contributed by atoms with Gasteiger partial charge in [-0.25, -0.2) is 0 Å². The fourth-order valence-corrected chi connectivity index (χ4v) is 6.60. The Bertz CT molecular complexity index is 1090. The first-order valence-electron chi connectivity index (χ1n) is 14.6. The number of carbonyl (C=O) groups excluding carboxylic acids is 2. The predicted molar refractivity (Wildman–Crippen MR) is 148 cm³/mol. The van der Waals surface area contributed by atoms with Crippen LogP contribution < -0.4 is 0 Å². The maximum absolute atomic E-state index is 13.2. The van der Waals surface area contributed by atoms with E-state index in [1.54, 1.807) is 0 Å². The topological polar surface area (TPSA) is 40.6 Å². The van der Waals surface area contributed by atoms with E-state index >= 15 is 0 Å². The molecule has 4 heteroatoms. The third-order valence-electron chi connectivity index (χ3n) is 9.13. The fraction of sp³-hybridized carbons (Fsp3) is 0.625. The van der Waals surface area contributed by atoms with Crippen LogP contribution in [0.5, 0.6) is 0 Å². The normalized spacial score (nSPS) is 19.8. The van der Waals surface area contributed by atoms with Gasteiger partial charge in [-0.1, -0.05) is 38.1 Å². The summed E-state index contributed by atoms with van der Waals surface area (Å²) in [6.45, 7) is 11.4. The van der Waals surface area contributed by atoms with Crippen LogP contribution in [-0.4, -0.2) is 60.6 Å². The lowest BCUT2D eigenvalue weighted by Crippen LogP contribution is -2.33. The number of hydrogen-bond donors (Lipinski definition) is 0. The van der Waals surface area contributed by atoms with E-state index in [-0.39, 0.29) is 11.6 Å². The summed E-state index contributed by atoms with van der Waals surface area (Å²) in [5, 5.41) is 2.26. The highest BCUT2D eigenvalue weighted by atomic mass is 16.1. The molecule has 5 rings (SSSR count). The quantitative estimate of drug-likeness (QED) is 0.367. The molecular weight excluding hydrogens is 444 g/mol. The van der Waals surface area contributed by atoms with Crippen LogP contribution in [0.2, 0.25) is 0 Å². The lowest BCUT2D eigenvalue weighted by Gasteiger charge is -2.30. The Morgan fingerprint density at radius 3 is 1.83 bits per heavy atom. The summed E-state index contributed by atoms with van der Waals surface area (Å²) >= 11 is 0. The Kier molecular flexibility index (Phi) is 8.22. The van der Waals surface area contributed by atoms with Crippen LogP contribution >= 0.6 is 0 Å². The molecule has 0 bridgehead atoms.